The molecule has 94 valence electrons. The van der Waals surface area contributed by atoms with E-state index in [4.69, 9.17) is 0 Å². The molecule has 0 bridgehead atoms. The molecule has 1 aromatic carbocycles. The van der Waals surface area contributed by atoms with Crippen LogP contribution >= 0.6 is 0 Å². The van der Waals surface area contributed by atoms with Crippen LogP contribution in [0.5, 0.6) is 0 Å². The Morgan fingerprint density at radius 2 is 2.00 bits per heavy atom. The highest BCUT2D eigenvalue weighted by molar-refractivity contribution is 5.94. The van der Waals surface area contributed by atoms with E-state index in [1.807, 2.05) is 0 Å². The van der Waals surface area contributed by atoms with Gasteiger partial charge in [0.2, 0.25) is 0 Å². The number of carbonyl (C=O) groups excluding carboxylic acids is 1. The summed E-state index contributed by atoms with van der Waals surface area (Å²) in [7, 11) is 0. The van der Waals surface area contributed by atoms with Crippen LogP contribution in [0.4, 0.5) is 13.2 Å². The minimum absolute atomic E-state index is 0.0340. The quantitative estimate of drug-likeness (QED) is 0.801. The summed E-state index contributed by atoms with van der Waals surface area (Å²) in [6, 6.07) is 6.55. The Kier molecular flexibility index (Phi) is 4.15. The molecule has 0 aliphatic heterocycles. The fourth-order valence-corrected chi connectivity index (χ4v) is 1.50. The van der Waals surface area contributed by atoms with Gasteiger partial charge in [-0.05, 0) is 26.0 Å². The van der Waals surface area contributed by atoms with Crippen LogP contribution in [0.2, 0.25) is 0 Å². The predicted molar refractivity (Wildman–Crippen MR) is 58.8 cm³/mol. The highest BCUT2D eigenvalue weighted by Gasteiger charge is 2.32. The van der Waals surface area contributed by atoms with Gasteiger partial charge in [0.25, 0.3) is 5.91 Å². The number of benzene rings is 1. The van der Waals surface area contributed by atoms with Crippen LogP contribution in [0.1, 0.15) is 22.8 Å². The van der Waals surface area contributed by atoms with E-state index in [0.29, 0.717) is 0 Å². The molecule has 0 aromatic heterocycles. The van der Waals surface area contributed by atoms with Gasteiger partial charge < -0.3 is 4.90 Å². The largest absolute Gasteiger partial charge is 0.406 e. The Labute approximate surface area is 98.0 Å². The van der Waals surface area contributed by atoms with Crippen molar-refractivity contribution in [1.29, 1.82) is 0 Å². The Morgan fingerprint density at radius 1 is 1.35 bits per heavy atom. The third kappa shape index (κ3) is 4.09. The fraction of sp³-hybridized carbons (Fsp3) is 0.417. The zero-order chi connectivity index (χ0) is 13.1. The molecule has 0 saturated carbocycles. The third-order valence-electron chi connectivity index (χ3n) is 2.30. The Bertz CT molecular complexity index is 401. The summed E-state index contributed by atoms with van der Waals surface area (Å²) in [4.78, 5) is 12.6. The summed E-state index contributed by atoms with van der Waals surface area (Å²) in [5.74, 6) is -0.589. The summed E-state index contributed by atoms with van der Waals surface area (Å²) in [5, 5.41) is 0. The Hall–Kier alpha value is -1.52. The van der Waals surface area contributed by atoms with Crippen molar-refractivity contribution in [2.45, 2.75) is 20.0 Å². The van der Waals surface area contributed by atoms with Gasteiger partial charge >= 0.3 is 6.18 Å². The maximum Gasteiger partial charge on any atom is 0.406 e. The van der Waals surface area contributed by atoms with Crippen LogP contribution in [-0.2, 0) is 0 Å². The SMILES string of the molecule is CCN(CC(F)(F)F)C(=O)c1cccc(C)c1. The molecule has 0 unspecified atom stereocenters. The smallest absolute Gasteiger partial charge is 0.330 e. The number of alkyl halides is 3. The van der Waals surface area contributed by atoms with Gasteiger partial charge in [0.1, 0.15) is 6.54 Å². The van der Waals surface area contributed by atoms with Gasteiger partial charge in [-0.15, -0.1) is 0 Å². The molecule has 0 heterocycles. The number of hydrogen-bond acceptors (Lipinski definition) is 1. The summed E-state index contributed by atoms with van der Waals surface area (Å²) in [6.07, 6.45) is -4.37. The summed E-state index contributed by atoms with van der Waals surface area (Å²) in [6.45, 7) is 2.14. The Morgan fingerprint density at radius 3 is 2.47 bits per heavy atom. The van der Waals surface area contributed by atoms with Gasteiger partial charge in [-0.3, -0.25) is 4.79 Å². The zero-order valence-electron chi connectivity index (χ0n) is 9.71. The van der Waals surface area contributed by atoms with Crippen molar-refractivity contribution in [2.75, 3.05) is 13.1 Å². The van der Waals surface area contributed by atoms with E-state index in [1.165, 1.54) is 13.0 Å². The summed E-state index contributed by atoms with van der Waals surface area (Å²) >= 11 is 0. The number of aryl methyl sites for hydroxylation is 1. The Balaban J connectivity index is 2.87. The summed E-state index contributed by atoms with van der Waals surface area (Å²) in [5.41, 5.74) is 1.13. The van der Waals surface area contributed by atoms with Crippen molar-refractivity contribution in [3.8, 4) is 0 Å². The highest BCUT2D eigenvalue weighted by atomic mass is 19.4. The number of rotatable bonds is 3. The number of halogens is 3. The van der Waals surface area contributed by atoms with Crippen LogP contribution in [-0.4, -0.2) is 30.1 Å². The summed E-state index contributed by atoms with van der Waals surface area (Å²) < 4.78 is 36.8. The molecule has 1 amide bonds. The number of hydrogen-bond donors (Lipinski definition) is 0. The monoisotopic (exact) mass is 245 g/mol. The molecule has 17 heavy (non-hydrogen) atoms. The predicted octanol–water partition coefficient (Wildman–Crippen LogP) is 3.02. The maximum atomic E-state index is 12.3. The van der Waals surface area contributed by atoms with E-state index in [0.717, 1.165) is 10.5 Å². The standard InChI is InChI=1S/C12H14F3NO/c1-3-16(8-12(13,14)15)11(17)10-6-4-5-9(2)7-10/h4-7H,3,8H2,1-2H3. The van der Waals surface area contributed by atoms with Gasteiger partial charge in [-0.25, -0.2) is 0 Å². The van der Waals surface area contributed by atoms with Gasteiger partial charge in [-0.2, -0.15) is 13.2 Å². The molecule has 5 heteroatoms. The lowest BCUT2D eigenvalue weighted by Crippen LogP contribution is -2.38. The molecular formula is C12H14F3NO. The first-order chi connectivity index (χ1) is 7.83. The van der Waals surface area contributed by atoms with E-state index in [9.17, 15) is 18.0 Å². The van der Waals surface area contributed by atoms with E-state index >= 15 is 0 Å². The van der Waals surface area contributed by atoms with E-state index in [1.54, 1.807) is 25.1 Å². The van der Waals surface area contributed by atoms with Crippen molar-refractivity contribution in [3.63, 3.8) is 0 Å². The first-order valence-electron chi connectivity index (χ1n) is 5.26. The number of nitrogens with zero attached hydrogens (tertiary/aromatic N) is 1. The van der Waals surface area contributed by atoms with Crippen molar-refractivity contribution >= 4 is 5.91 Å². The minimum atomic E-state index is -4.37. The fourth-order valence-electron chi connectivity index (χ4n) is 1.50. The normalized spacial score (nSPS) is 11.4. The maximum absolute atomic E-state index is 12.3. The van der Waals surface area contributed by atoms with Crippen LogP contribution in [0.3, 0.4) is 0 Å². The van der Waals surface area contributed by atoms with Gasteiger partial charge in [0.15, 0.2) is 0 Å². The second-order valence-electron chi connectivity index (χ2n) is 3.80. The molecule has 0 aliphatic carbocycles. The van der Waals surface area contributed by atoms with E-state index in [2.05, 4.69) is 0 Å². The number of amides is 1. The average Bonchev–Trinajstić information content (AvgIpc) is 2.23. The molecule has 0 radical (unpaired) electrons. The highest BCUT2D eigenvalue weighted by Crippen LogP contribution is 2.18. The van der Waals surface area contributed by atoms with Crippen molar-refractivity contribution in [2.24, 2.45) is 0 Å². The lowest BCUT2D eigenvalue weighted by Gasteiger charge is -2.22. The van der Waals surface area contributed by atoms with E-state index in [-0.39, 0.29) is 12.1 Å². The average molecular weight is 245 g/mol. The first-order valence-corrected chi connectivity index (χ1v) is 5.26. The van der Waals surface area contributed by atoms with Crippen LogP contribution in [0.25, 0.3) is 0 Å². The van der Waals surface area contributed by atoms with Crippen molar-refractivity contribution in [3.05, 3.63) is 35.4 Å². The van der Waals surface area contributed by atoms with Crippen LogP contribution in [0.15, 0.2) is 24.3 Å². The second-order valence-corrected chi connectivity index (χ2v) is 3.80. The molecule has 2 nitrogen and oxygen atoms in total. The number of carbonyl (C=O) groups is 1. The molecule has 0 fully saturated rings. The molecule has 0 saturated heterocycles. The molecule has 1 aromatic rings. The lowest BCUT2D eigenvalue weighted by atomic mass is 10.1. The van der Waals surface area contributed by atoms with Gasteiger partial charge in [0.05, 0.1) is 0 Å². The van der Waals surface area contributed by atoms with Crippen LogP contribution < -0.4 is 0 Å². The second kappa shape index (κ2) is 5.21. The molecule has 0 spiro atoms. The third-order valence-corrected chi connectivity index (χ3v) is 2.30. The zero-order valence-corrected chi connectivity index (χ0v) is 9.71. The van der Waals surface area contributed by atoms with Crippen molar-refractivity contribution in [1.82, 2.24) is 4.90 Å². The minimum Gasteiger partial charge on any atom is -0.330 e. The van der Waals surface area contributed by atoms with Crippen LogP contribution in [0, 0.1) is 6.92 Å². The van der Waals surface area contributed by atoms with E-state index < -0.39 is 18.6 Å². The molecule has 0 aliphatic rings. The van der Waals surface area contributed by atoms with Crippen molar-refractivity contribution < 1.29 is 18.0 Å². The molecule has 1 rings (SSSR count). The first kappa shape index (κ1) is 13.5. The topological polar surface area (TPSA) is 20.3 Å². The molecule has 0 N–H and O–H groups in total. The van der Waals surface area contributed by atoms with Gasteiger partial charge in [-0.1, -0.05) is 17.7 Å². The van der Waals surface area contributed by atoms with Gasteiger partial charge in [0, 0.05) is 12.1 Å². The molecular weight excluding hydrogens is 231 g/mol. The molecule has 0 atom stereocenters. The lowest BCUT2D eigenvalue weighted by molar-refractivity contribution is -0.140.